The average Bonchev–Trinajstić information content (AvgIpc) is 2.76. The summed E-state index contributed by atoms with van der Waals surface area (Å²) in [4.78, 5) is 14.2. The molecule has 1 aliphatic rings. The standard InChI is InChI=1S/C16H18FNO2/c1-16(2)8-4-9-18(16)15(20)13-7-6-12(5-3-10-19)14(17)11-13/h6-7,11,19H,4,8-10H2,1-2H3. The number of likely N-dealkylation sites (tertiary alicyclic amines) is 1. The maximum absolute atomic E-state index is 13.9. The molecule has 0 atom stereocenters. The van der Waals surface area contributed by atoms with Gasteiger partial charge in [-0.15, -0.1) is 0 Å². The molecule has 0 radical (unpaired) electrons. The van der Waals surface area contributed by atoms with Gasteiger partial charge in [0.15, 0.2) is 0 Å². The van der Waals surface area contributed by atoms with E-state index in [9.17, 15) is 9.18 Å². The van der Waals surface area contributed by atoms with Gasteiger partial charge in [0, 0.05) is 17.6 Å². The lowest BCUT2D eigenvalue weighted by atomic mass is 10.0. The van der Waals surface area contributed by atoms with Gasteiger partial charge in [-0.3, -0.25) is 4.79 Å². The van der Waals surface area contributed by atoms with Gasteiger partial charge in [-0.05, 0) is 44.9 Å². The van der Waals surface area contributed by atoms with Crippen molar-refractivity contribution in [2.24, 2.45) is 0 Å². The Kier molecular flexibility index (Phi) is 4.10. The fourth-order valence-corrected chi connectivity index (χ4v) is 2.52. The van der Waals surface area contributed by atoms with Crippen molar-refractivity contribution in [1.29, 1.82) is 0 Å². The van der Waals surface area contributed by atoms with E-state index in [0.717, 1.165) is 12.8 Å². The molecule has 0 aliphatic carbocycles. The molecule has 4 heteroatoms. The van der Waals surface area contributed by atoms with Crippen LogP contribution >= 0.6 is 0 Å². The van der Waals surface area contributed by atoms with Gasteiger partial charge in [-0.1, -0.05) is 11.8 Å². The number of hydrogen-bond donors (Lipinski definition) is 1. The van der Waals surface area contributed by atoms with Crippen LogP contribution < -0.4 is 0 Å². The molecule has 1 saturated heterocycles. The third-order valence-electron chi connectivity index (χ3n) is 3.66. The van der Waals surface area contributed by atoms with Gasteiger partial charge in [0.05, 0.1) is 5.56 Å². The fourth-order valence-electron chi connectivity index (χ4n) is 2.52. The Labute approximate surface area is 118 Å². The Bertz CT molecular complexity index is 584. The Balaban J connectivity index is 2.26. The lowest BCUT2D eigenvalue weighted by Gasteiger charge is -2.31. The number of benzene rings is 1. The summed E-state index contributed by atoms with van der Waals surface area (Å²) in [6.07, 6.45) is 1.93. The molecule has 106 valence electrons. The molecule has 1 fully saturated rings. The maximum atomic E-state index is 13.9. The number of amides is 1. The number of rotatable bonds is 1. The predicted molar refractivity (Wildman–Crippen MR) is 74.7 cm³/mol. The van der Waals surface area contributed by atoms with Crippen molar-refractivity contribution in [3.63, 3.8) is 0 Å². The van der Waals surface area contributed by atoms with Gasteiger partial charge < -0.3 is 10.0 Å². The van der Waals surface area contributed by atoms with E-state index in [2.05, 4.69) is 11.8 Å². The zero-order chi connectivity index (χ0) is 14.8. The van der Waals surface area contributed by atoms with Crippen LogP contribution in [0.25, 0.3) is 0 Å². The van der Waals surface area contributed by atoms with E-state index in [0.29, 0.717) is 12.1 Å². The molecule has 20 heavy (non-hydrogen) atoms. The number of aliphatic hydroxyl groups is 1. The summed E-state index contributed by atoms with van der Waals surface area (Å²) in [5, 5.41) is 8.61. The second kappa shape index (κ2) is 5.64. The second-order valence-corrected chi connectivity index (χ2v) is 5.53. The van der Waals surface area contributed by atoms with Crippen molar-refractivity contribution in [3.05, 3.63) is 35.1 Å². The summed E-state index contributed by atoms with van der Waals surface area (Å²) in [5.41, 5.74) is 0.353. The monoisotopic (exact) mass is 275 g/mol. The zero-order valence-corrected chi connectivity index (χ0v) is 11.7. The van der Waals surface area contributed by atoms with Crippen molar-refractivity contribution in [2.75, 3.05) is 13.2 Å². The lowest BCUT2D eigenvalue weighted by Crippen LogP contribution is -2.42. The molecule has 1 N–H and O–H groups in total. The molecule has 1 aromatic carbocycles. The van der Waals surface area contributed by atoms with E-state index < -0.39 is 5.82 Å². The highest BCUT2D eigenvalue weighted by molar-refractivity contribution is 5.95. The molecule has 1 aliphatic heterocycles. The SMILES string of the molecule is CC1(C)CCCN1C(=O)c1ccc(C#CCO)c(F)c1. The second-order valence-electron chi connectivity index (χ2n) is 5.53. The topological polar surface area (TPSA) is 40.5 Å². The van der Waals surface area contributed by atoms with Gasteiger partial charge in [-0.25, -0.2) is 4.39 Å². The minimum atomic E-state index is -0.534. The van der Waals surface area contributed by atoms with Crippen LogP contribution in [0.15, 0.2) is 18.2 Å². The molecular formula is C16H18FNO2. The Morgan fingerprint density at radius 1 is 1.50 bits per heavy atom. The highest BCUT2D eigenvalue weighted by Gasteiger charge is 2.35. The number of hydrogen-bond acceptors (Lipinski definition) is 2. The molecule has 0 bridgehead atoms. The van der Waals surface area contributed by atoms with Crippen molar-refractivity contribution < 1.29 is 14.3 Å². The van der Waals surface area contributed by atoms with E-state index in [1.165, 1.54) is 12.1 Å². The largest absolute Gasteiger partial charge is 0.384 e. The highest BCUT2D eigenvalue weighted by atomic mass is 19.1. The van der Waals surface area contributed by atoms with E-state index in [1.54, 1.807) is 11.0 Å². The number of carbonyl (C=O) groups excluding carboxylic acids is 1. The van der Waals surface area contributed by atoms with Gasteiger partial charge in [-0.2, -0.15) is 0 Å². The molecule has 0 spiro atoms. The quantitative estimate of drug-likeness (QED) is 0.798. The first kappa shape index (κ1) is 14.5. The Morgan fingerprint density at radius 3 is 2.80 bits per heavy atom. The molecule has 0 unspecified atom stereocenters. The first-order valence-corrected chi connectivity index (χ1v) is 6.67. The van der Waals surface area contributed by atoms with E-state index in [-0.39, 0.29) is 23.6 Å². The third-order valence-corrected chi connectivity index (χ3v) is 3.66. The molecule has 0 aromatic heterocycles. The molecule has 1 amide bonds. The van der Waals surface area contributed by atoms with E-state index >= 15 is 0 Å². The van der Waals surface area contributed by atoms with Crippen molar-refractivity contribution >= 4 is 5.91 Å². The van der Waals surface area contributed by atoms with Gasteiger partial charge in [0.1, 0.15) is 12.4 Å². The van der Waals surface area contributed by atoms with Gasteiger partial charge >= 0.3 is 0 Å². The minimum absolute atomic E-state index is 0.145. The van der Waals surface area contributed by atoms with Crippen LogP contribution in [0.1, 0.15) is 42.6 Å². The fraction of sp³-hybridized carbons (Fsp3) is 0.438. The first-order valence-electron chi connectivity index (χ1n) is 6.67. The number of aliphatic hydroxyl groups excluding tert-OH is 1. The van der Waals surface area contributed by atoms with E-state index in [1.807, 2.05) is 13.8 Å². The maximum Gasteiger partial charge on any atom is 0.254 e. The number of halogens is 1. The first-order chi connectivity index (χ1) is 9.45. The van der Waals surface area contributed by atoms with Crippen LogP contribution in [0.4, 0.5) is 4.39 Å². The summed E-state index contributed by atoms with van der Waals surface area (Å²) in [6, 6.07) is 4.29. The molecule has 1 heterocycles. The Hall–Kier alpha value is -1.86. The summed E-state index contributed by atoms with van der Waals surface area (Å²) in [5.74, 6) is 4.23. The summed E-state index contributed by atoms with van der Waals surface area (Å²) < 4.78 is 13.9. The summed E-state index contributed by atoms with van der Waals surface area (Å²) in [7, 11) is 0. The van der Waals surface area contributed by atoms with Crippen LogP contribution in [0.2, 0.25) is 0 Å². The van der Waals surface area contributed by atoms with Crippen molar-refractivity contribution in [1.82, 2.24) is 4.90 Å². The van der Waals surface area contributed by atoms with E-state index in [4.69, 9.17) is 5.11 Å². The molecule has 0 saturated carbocycles. The number of nitrogens with zero attached hydrogens (tertiary/aromatic N) is 1. The Morgan fingerprint density at radius 2 is 2.25 bits per heavy atom. The van der Waals surface area contributed by atoms with Crippen LogP contribution in [0, 0.1) is 17.7 Å². The lowest BCUT2D eigenvalue weighted by molar-refractivity contribution is 0.0651. The van der Waals surface area contributed by atoms with Gasteiger partial charge in [0.2, 0.25) is 0 Å². The van der Waals surface area contributed by atoms with Crippen molar-refractivity contribution in [2.45, 2.75) is 32.2 Å². The van der Waals surface area contributed by atoms with Crippen LogP contribution in [0.3, 0.4) is 0 Å². The summed E-state index contributed by atoms with van der Waals surface area (Å²) >= 11 is 0. The van der Waals surface area contributed by atoms with Crippen LogP contribution in [0.5, 0.6) is 0 Å². The summed E-state index contributed by atoms with van der Waals surface area (Å²) in [6.45, 7) is 4.44. The van der Waals surface area contributed by atoms with Crippen molar-refractivity contribution in [3.8, 4) is 11.8 Å². The highest BCUT2D eigenvalue weighted by Crippen LogP contribution is 2.29. The number of carbonyl (C=O) groups is 1. The third kappa shape index (κ3) is 2.83. The minimum Gasteiger partial charge on any atom is -0.384 e. The molecular weight excluding hydrogens is 257 g/mol. The average molecular weight is 275 g/mol. The van der Waals surface area contributed by atoms with Crippen LogP contribution in [-0.4, -0.2) is 34.6 Å². The zero-order valence-electron chi connectivity index (χ0n) is 11.7. The molecule has 3 nitrogen and oxygen atoms in total. The van der Waals surface area contributed by atoms with Gasteiger partial charge in [0.25, 0.3) is 5.91 Å². The predicted octanol–water partition coefficient (Wildman–Crippen LogP) is 2.18. The smallest absolute Gasteiger partial charge is 0.254 e. The normalized spacial score (nSPS) is 16.7. The molecule has 2 rings (SSSR count). The molecule has 1 aromatic rings. The van der Waals surface area contributed by atoms with Crippen LogP contribution in [-0.2, 0) is 0 Å².